The van der Waals surface area contributed by atoms with Crippen LogP contribution in [0.3, 0.4) is 0 Å². The molecule has 0 bridgehead atoms. The van der Waals surface area contributed by atoms with E-state index in [0.29, 0.717) is 12.1 Å². The van der Waals surface area contributed by atoms with Gasteiger partial charge in [-0.3, -0.25) is 9.59 Å². The van der Waals surface area contributed by atoms with Crippen LogP contribution in [0, 0.1) is 11.6 Å². The van der Waals surface area contributed by atoms with E-state index in [-0.39, 0.29) is 46.8 Å². The molecule has 1 saturated heterocycles. The summed E-state index contributed by atoms with van der Waals surface area (Å²) < 4.78 is 68.3. The Balaban J connectivity index is 1.88. The number of hydrogen-bond donors (Lipinski definition) is 1. The predicted octanol–water partition coefficient (Wildman–Crippen LogP) is 4.02. The van der Waals surface area contributed by atoms with E-state index in [0.717, 1.165) is 33.8 Å². The first-order valence-corrected chi connectivity index (χ1v) is 9.40. The summed E-state index contributed by atoms with van der Waals surface area (Å²) in [7, 11) is 0. The summed E-state index contributed by atoms with van der Waals surface area (Å²) >= 11 is 5.82. The molecule has 0 saturated carbocycles. The summed E-state index contributed by atoms with van der Waals surface area (Å²) in [5.41, 5.74) is -1.62. The second-order valence-corrected chi connectivity index (χ2v) is 7.32. The monoisotopic (exact) mass is 470 g/mol. The summed E-state index contributed by atoms with van der Waals surface area (Å²) in [4.78, 5) is 25.3. The second-order valence-electron chi connectivity index (χ2n) is 6.91. The van der Waals surface area contributed by atoms with Crippen LogP contribution < -0.4 is 5.32 Å². The summed E-state index contributed by atoms with van der Waals surface area (Å²) in [5, 5.41) is 6.28. The largest absolute Gasteiger partial charge is 0.416 e. The number of nitrogens with zero attached hydrogens (tertiary/aromatic N) is 3. The van der Waals surface area contributed by atoms with Gasteiger partial charge in [0.15, 0.2) is 5.69 Å². The number of carbonyl (C=O) groups excluding carboxylic acids is 2. The van der Waals surface area contributed by atoms with Crippen LogP contribution in [0.4, 0.5) is 22.0 Å². The Labute approximate surface area is 182 Å². The zero-order chi connectivity index (χ0) is 23.2. The normalized spacial score (nSPS) is 14.1. The molecule has 4 rings (SSSR count). The maximum absolute atomic E-state index is 14.0. The zero-order valence-electron chi connectivity index (χ0n) is 15.9. The number of rotatable bonds is 3. The highest BCUT2D eigenvalue weighted by Crippen LogP contribution is 2.34. The van der Waals surface area contributed by atoms with Gasteiger partial charge in [-0.15, -0.1) is 0 Å². The first-order chi connectivity index (χ1) is 15.0. The third kappa shape index (κ3) is 4.15. The average molecular weight is 471 g/mol. The number of aromatic nitrogens is 2. The number of halogens is 6. The molecule has 1 aromatic heterocycles. The van der Waals surface area contributed by atoms with E-state index in [4.69, 9.17) is 11.6 Å². The van der Waals surface area contributed by atoms with Crippen LogP contribution >= 0.6 is 11.6 Å². The van der Waals surface area contributed by atoms with Crippen molar-refractivity contribution >= 4 is 23.4 Å². The van der Waals surface area contributed by atoms with Crippen molar-refractivity contribution in [3.05, 3.63) is 70.4 Å². The number of nitrogens with one attached hydrogen (secondary N) is 1. The van der Waals surface area contributed by atoms with Gasteiger partial charge in [-0.1, -0.05) is 11.6 Å². The zero-order valence-corrected chi connectivity index (χ0v) is 16.6. The minimum Gasteiger partial charge on any atom is -0.337 e. The lowest BCUT2D eigenvalue weighted by Crippen LogP contribution is -2.30. The van der Waals surface area contributed by atoms with Crippen molar-refractivity contribution in [3.63, 3.8) is 0 Å². The van der Waals surface area contributed by atoms with Crippen LogP contribution in [0.2, 0.25) is 5.02 Å². The molecule has 2 amide bonds. The minimum atomic E-state index is -4.82. The second kappa shape index (κ2) is 7.90. The molecular formula is C20H12ClF5N4O2. The predicted molar refractivity (Wildman–Crippen MR) is 103 cm³/mol. The summed E-state index contributed by atoms with van der Waals surface area (Å²) in [6, 6.07) is 6.48. The minimum absolute atomic E-state index is 0.0690. The molecule has 0 atom stereocenters. The number of hydrogen-bond acceptors (Lipinski definition) is 3. The molecular weight excluding hydrogens is 459 g/mol. The van der Waals surface area contributed by atoms with Crippen LogP contribution in [0.5, 0.6) is 0 Å². The molecule has 2 heterocycles. The highest BCUT2D eigenvalue weighted by atomic mass is 35.5. The van der Waals surface area contributed by atoms with Gasteiger partial charge in [-0.05, 0) is 42.5 Å². The fourth-order valence-corrected chi connectivity index (χ4v) is 3.36. The van der Waals surface area contributed by atoms with E-state index in [1.807, 2.05) is 0 Å². The van der Waals surface area contributed by atoms with E-state index < -0.39 is 29.3 Å². The molecule has 0 spiro atoms. The van der Waals surface area contributed by atoms with E-state index in [1.165, 1.54) is 6.07 Å². The van der Waals surface area contributed by atoms with Crippen LogP contribution in [0.1, 0.15) is 16.1 Å². The van der Waals surface area contributed by atoms with Crippen molar-refractivity contribution in [2.45, 2.75) is 6.18 Å². The molecule has 0 aliphatic carbocycles. The van der Waals surface area contributed by atoms with Crippen molar-refractivity contribution in [2.75, 3.05) is 13.2 Å². The Hall–Kier alpha value is -3.47. The maximum atomic E-state index is 14.0. The van der Waals surface area contributed by atoms with Crippen molar-refractivity contribution < 1.29 is 31.5 Å². The van der Waals surface area contributed by atoms with Crippen LogP contribution in [-0.4, -0.2) is 39.7 Å². The first-order valence-electron chi connectivity index (χ1n) is 9.02. The van der Waals surface area contributed by atoms with Gasteiger partial charge < -0.3 is 10.2 Å². The molecule has 1 aliphatic rings. The first kappa shape index (κ1) is 21.8. The molecule has 2 aromatic carbocycles. The fraction of sp³-hybridized carbons (Fsp3) is 0.150. The molecule has 12 heteroatoms. The van der Waals surface area contributed by atoms with Gasteiger partial charge in [0.1, 0.15) is 18.2 Å². The molecule has 166 valence electrons. The molecule has 0 unspecified atom stereocenters. The van der Waals surface area contributed by atoms with Crippen molar-refractivity contribution in [3.8, 4) is 16.9 Å². The lowest BCUT2D eigenvalue weighted by Gasteiger charge is -2.12. The number of benzene rings is 2. The van der Waals surface area contributed by atoms with Crippen molar-refractivity contribution in [1.82, 2.24) is 20.0 Å². The summed E-state index contributed by atoms with van der Waals surface area (Å²) in [5.74, 6) is -2.96. The molecule has 1 aliphatic heterocycles. The maximum Gasteiger partial charge on any atom is 0.416 e. The van der Waals surface area contributed by atoms with Crippen molar-refractivity contribution in [1.29, 1.82) is 0 Å². The molecule has 6 nitrogen and oxygen atoms in total. The topological polar surface area (TPSA) is 67.2 Å². The van der Waals surface area contributed by atoms with Gasteiger partial charge in [0, 0.05) is 5.56 Å². The Morgan fingerprint density at radius 2 is 1.84 bits per heavy atom. The molecule has 0 radical (unpaired) electrons. The smallest absolute Gasteiger partial charge is 0.337 e. The van der Waals surface area contributed by atoms with Crippen LogP contribution in [-0.2, 0) is 11.0 Å². The molecule has 3 aromatic rings. The summed E-state index contributed by atoms with van der Waals surface area (Å²) in [6.45, 7) is -0.290. The van der Waals surface area contributed by atoms with Crippen molar-refractivity contribution in [2.24, 2.45) is 0 Å². The van der Waals surface area contributed by atoms with Gasteiger partial charge in [-0.25, -0.2) is 13.5 Å². The third-order valence-electron chi connectivity index (χ3n) is 4.69. The Kier molecular flexibility index (Phi) is 5.37. The van der Waals surface area contributed by atoms with Crippen LogP contribution in [0.15, 0.2) is 42.5 Å². The SMILES string of the molecule is O=C1CN(C(=O)c2cc(-c3cc(F)cc(C(F)(F)F)c3)n(-c3ccc(F)c(Cl)c3)n2)CN1. The molecule has 32 heavy (non-hydrogen) atoms. The van der Waals surface area contributed by atoms with E-state index in [9.17, 15) is 31.5 Å². The fourth-order valence-electron chi connectivity index (χ4n) is 3.18. The molecule has 1 fully saturated rings. The summed E-state index contributed by atoms with van der Waals surface area (Å²) in [6.07, 6.45) is -4.82. The van der Waals surface area contributed by atoms with E-state index in [2.05, 4.69) is 10.4 Å². The number of alkyl halides is 3. The highest BCUT2D eigenvalue weighted by Gasteiger charge is 2.32. The van der Waals surface area contributed by atoms with E-state index >= 15 is 0 Å². The Morgan fingerprint density at radius 1 is 1.09 bits per heavy atom. The van der Waals surface area contributed by atoms with Gasteiger partial charge in [0.2, 0.25) is 5.91 Å². The third-order valence-corrected chi connectivity index (χ3v) is 4.98. The van der Waals surface area contributed by atoms with E-state index in [1.54, 1.807) is 0 Å². The highest BCUT2D eigenvalue weighted by molar-refractivity contribution is 6.30. The quantitative estimate of drug-likeness (QED) is 0.588. The number of amides is 2. The van der Waals surface area contributed by atoms with Gasteiger partial charge >= 0.3 is 6.18 Å². The lowest BCUT2D eigenvalue weighted by molar-refractivity contribution is -0.137. The van der Waals surface area contributed by atoms with Gasteiger partial charge in [0.05, 0.1) is 28.6 Å². The lowest BCUT2D eigenvalue weighted by atomic mass is 10.1. The Bertz CT molecular complexity index is 1240. The molecule has 1 N–H and O–H groups in total. The van der Waals surface area contributed by atoms with Gasteiger partial charge in [-0.2, -0.15) is 18.3 Å². The average Bonchev–Trinajstić information content (AvgIpc) is 3.35. The van der Waals surface area contributed by atoms with Crippen LogP contribution in [0.25, 0.3) is 16.9 Å². The number of carbonyl (C=O) groups is 2. The Morgan fingerprint density at radius 3 is 2.47 bits per heavy atom. The standard InChI is InChI=1S/C20H12ClF5N4O2/c21-14-6-13(1-2-15(14)23)30-17(10-3-11(20(24,25)26)5-12(22)4-10)7-16(28-30)19(32)29-8-18(31)27-9-29/h1-7H,8-9H2,(H,27,31). The van der Waals surface area contributed by atoms with Gasteiger partial charge in [0.25, 0.3) is 5.91 Å².